The first-order valence-corrected chi connectivity index (χ1v) is 13.7. The van der Waals surface area contributed by atoms with Crippen LogP contribution >= 0.6 is 0 Å². The van der Waals surface area contributed by atoms with Crippen LogP contribution in [0.15, 0.2) is 0 Å². The molecule has 0 aromatic carbocycles. The second kappa shape index (κ2) is 43.5. The van der Waals surface area contributed by atoms with Gasteiger partial charge in [-0.25, -0.2) is 0 Å². The zero-order valence-corrected chi connectivity index (χ0v) is 24.3. The molecule has 0 radical (unpaired) electrons. The molecule has 0 heterocycles. The van der Waals surface area contributed by atoms with Crippen molar-refractivity contribution >= 4 is 37.9 Å². The molecule has 0 aliphatic heterocycles. The van der Waals surface area contributed by atoms with Crippen LogP contribution in [0.3, 0.4) is 0 Å². The average Bonchev–Trinajstić information content (AvgIpc) is 2.69. The van der Waals surface area contributed by atoms with Gasteiger partial charge in [-0.05, 0) is 0 Å². The van der Waals surface area contributed by atoms with E-state index in [9.17, 15) is 0 Å². The van der Waals surface area contributed by atoms with Crippen LogP contribution in [0, 0.1) is 49.4 Å². The Morgan fingerprint density at radius 2 is 0.500 bits per heavy atom. The Labute approximate surface area is 238 Å². The first kappa shape index (κ1) is 37.9. The summed E-state index contributed by atoms with van der Waals surface area (Å²) in [6.45, 7) is 6.73. The number of hydrogen-bond donors (Lipinski definition) is 0. The van der Waals surface area contributed by atoms with Gasteiger partial charge in [-0.2, -0.15) is 17.3 Å². The topological polar surface area (TPSA) is 0 Å². The van der Waals surface area contributed by atoms with Gasteiger partial charge in [0.15, 0.2) is 0 Å². The molecule has 0 aromatic heterocycles. The molecule has 0 saturated carbocycles. The minimum absolute atomic E-state index is 0. The minimum Gasteiger partial charge on any atom is -0.793 e. The van der Waals surface area contributed by atoms with Gasteiger partial charge in [0.05, 0.1) is 0 Å². The van der Waals surface area contributed by atoms with Crippen LogP contribution in [-0.4, -0.2) is 17.3 Å². The van der Waals surface area contributed by atoms with E-state index in [1.54, 1.807) is 0 Å². The van der Waals surface area contributed by atoms with Crippen LogP contribution in [0.5, 0.6) is 0 Å². The molecule has 4 heteroatoms. The molecule has 0 bridgehead atoms. The minimum atomic E-state index is 0. The Morgan fingerprint density at radius 1 is 0.321 bits per heavy atom. The van der Waals surface area contributed by atoms with Crippen molar-refractivity contribution in [3.8, 4) is 0 Å². The number of hydrogen-bond acceptors (Lipinski definition) is 3. The van der Waals surface area contributed by atoms with E-state index in [2.05, 4.69) is 20.8 Å². The molecule has 0 unspecified atom stereocenters. The van der Waals surface area contributed by atoms with Gasteiger partial charge in [-0.1, -0.05) is 136 Å². The molecular formula is C24H51EuS3. The van der Waals surface area contributed by atoms with Crippen LogP contribution in [0.4, 0.5) is 0 Å². The molecule has 0 aromatic rings. The molecule has 0 atom stereocenters. The zero-order chi connectivity index (χ0) is 20.8. The molecule has 0 amide bonds. The summed E-state index contributed by atoms with van der Waals surface area (Å²) in [6, 6.07) is 0. The SMILES string of the molecule is CCCCCCCC[S-].CCCCCCCC[S-].CCCCCCCC[S-].[Eu+3]. The fraction of sp³-hybridized carbons (Fsp3) is 1.00. The zero-order valence-electron chi connectivity index (χ0n) is 19.5. The largest absolute Gasteiger partial charge is 3.00 e. The molecule has 0 N–H and O–H groups in total. The van der Waals surface area contributed by atoms with Crippen molar-refractivity contribution in [1.29, 1.82) is 0 Å². The predicted octanol–water partition coefficient (Wildman–Crippen LogP) is 8.68. The van der Waals surface area contributed by atoms with Crippen molar-refractivity contribution in [2.45, 2.75) is 136 Å². The summed E-state index contributed by atoms with van der Waals surface area (Å²) in [5.74, 6) is 2.85. The number of rotatable bonds is 18. The van der Waals surface area contributed by atoms with Crippen molar-refractivity contribution < 1.29 is 49.4 Å². The van der Waals surface area contributed by atoms with Gasteiger partial charge >= 0.3 is 49.4 Å². The van der Waals surface area contributed by atoms with Gasteiger partial charge in [-0.3, -0.25) is 0 Å². The summed E-state index contributed by atoms with van der Waals surface area (Å²) in [6.07, 6.45) is 24.4. The third-order valence-corrected chi connectivity index (χ3v) is 5.36. The van der Waals surface area contributed by atoms with Crippen molar-refractivity contribution in [1.82, 2.24) is 0 Å². The van der Waals surface area contributed by atoms with E-state index in [1.165, 1.54) is 116 Å². The molecule has 0 nitrogen and oxygen atoms in total. The van der Waals surface area contributed by atoms with Gasteiger partial charge in [0.1, 0.15) is 0 Å². The van der Waals surface area contributed by atoms with Crippen LogP contribution in [-0.2, 0) is 37.9 Å². The molecule has 0 saturated heterocycles. The Balaban J connectivity index is -0.000000152. The smallest absolute Gasteiger partial charge is 0.793 e. The molecule has 0 spiro atoms. The molecule has 0 rings (SSSR count). The summed E-state index contributed by atoms with van der Waals surface area (Å²) < 4.78 is 0. The third kappa shape index (κ3) is 51.4. The summed E-state index contributed by atoms with van der Waals surface area (Å²) in [7, 11) is 0. The van der Waals surface area contributed by atoms with Gasteiger partial charge in [-0.15, -0.1) is 0 Å². The second-order valence-electron chi connectivity index (χ2n) is 7.42. The van der Waals surface area contributed by atoms with E-state index in [0.29, 0.717) is 0 Å². The normalized spacial score (nSPS) is 9.64. The van der Waals surface area contributed by atoms with E-state index in [0.717, 1.165) is 17.3 Å². The molecule has 0 fully saturated rings. The molecular weight excluding hydrogens is 536 g/mol. The quantitative estimate of drug-likeness (QED) is 0.116. The first-order chi connectivity index (χ1) is 13.2. The maximum atomic E-state index is 4.83. The van der Waals surface area contributed by atoms with E-state index >= 15 is 0 Å². The Kier molecular flexibility index (Phi) is 58.9. The summed E-state index contributed by atoms with van der Waals surface area (Å²) in [5, 5.41) is 0. The van der Waals surface area contributed by atoms with Crippen molar-refractivity contribution in [2.75, 3.05) is 17.3 Å². The molecule has 0 aliphatic rings. The fourth-order valence-electron chi connectivity index (χ4n) is 2.65. The summed E-state index contributed by atoms with van der Waals surface area (Å²) in [5.41, 5.74) is 0. The fourth-order valence-corrected chi connectivity index (χ4v) is 3.26. The van der Waals surface area contributed by atoms with E-state index in [4.69, 9.17) is 37.9 Å². The third-order valence-electron chi connectivity index (χ3n) is 4.49. The van der Waals surface area contributed by atoms with Gasteiger partial charge < -0.3 is 37.9 Å². The van der Waals surface area contributed by atoms with Gasteiger partial charge in [0, 0.05) is 0 Å². The van der Waals surface area contributed by atoms with Crippen molar-refractivity contribution in [2.24, 2.45) is 0 Å². The predicted molar refractivity (Wildman–Crippen MR) is 137 cm³/mol. The Bertz CT molecular complexity index is 153. The first-order valence-electron chi connectivity index (χ1n) is 12.0. The molecule has 0 aliphatic carbocycles. The van der Waals surface area contributed by atoms with Crippen molar-refractivity contribution in [3.63, 3.8) is 0 Å². The van der Waals surface area contributed by atoms with Crippen molar-refractivity contribution in [3.05, 3.63) is 0 Å². The monoisotopic (exact) mass is 588 g/mol. The molecule has 172 valence electrons. The van der Waals surface area contributed by atoms with Gasteiger partial charge in [0.2, 0.25) is 0 Å². The summed E-state index contributed by atoms with van der Waals surface area (Å²) in [4.78, 5) is 0. The molecule has 28 heavy (non-hydrogen) atoms. The van der Waals surface area contributed by atoms with E-state index in [1.807, 2.05) is 0 Å². The number of unbranched alkanes of at least 4 members (excludes halogenated alkanes) is 15. The average molecular weight is 588 g/mol. The van der Waals surface area contributed by atoms with Gasteiger partial charge in [0.25, 0.3) is 0 Å². The van der Waals surface area contributed by atoms with Crippen LogP contribution < -0.4 is 0 Å². The second-order valence-corrected chi connectivity index (χ2v) is 8.64. The van der Waals surface area contributed by atoms with E-state index in [-0.39, 0.29) is 49.4 Å². The maximum Gasteiger partial charge on any atom is 3.00 e. The standard InChI is InChI=1S/3C8H18S.Eu/c3*1-2-3-4-5-6-7-8-9;/h3*9H,2-8H2,1H3;/q;;;+3/p-3. The van der Waals surface area contributed by atoms with Crippen LogP contribution in [0.2, 0.25) is 0 Å². The Morgan fingerprint density at radius 3 is 0.679 bits per heavy atom. The van der Waals surface area contributed by atoms with Crippen LogP contribution in [0.1, 0.15) is 136 Å². The maximum absolute atomic E-state index is 4.83. The Hall–Kier alpha value is 2.63. The summed E-state index contributed by atoms with van der Waals surface area (Å²) >= 11 is 14.5. The van der Waals surface area contributed by atoms with Crippen LogP contribution in [0.25, 0.3) is 0 Å². The van der Waals surface area contributed by atoms with E-state index < -0.39 is 0 Å².